The number of aromatic nitrogens is 4. The van der Waals surface area contributed by atoms with Crippen LogP contribution >= 0.6 is 0 Å². The van der Waals surface area contributed by atoms with Crippen LogP contribution in [-0.2, 0) is 6.42 Å². The van der Waals surface area contributed by atoms with E-state index in [2.05, 4.69) is 26.4 Å². The minimum absolute atomic E-state index is 0.290. The molecule has 0 bridgehead atoms. The van der Waals surface area contributed by atoms with Crippen LogP contribution in [0.15, 0.2) is 12.7 Å². The van der Waals surface area contributed by atoms with E-state index in [0.717, 1.165) is 42.5 Å². The number of aliphatic hydroxyl groups excluding tert-OH is 1. The van der Waals surface area contributed by atoms with E-state index in [1.807, 2.05) is 6.33 Å². The summed E-state index contributed by atoms with van der Waals surface area (Å²) in [6.45, 7) is 2.37. The third kappa shape index (κ3) is 1.79. The van der Waals surface area contributed by atoms with Crippen molar-refractivity contribution in [2.75, 3.05) is 6.61 Å². The number of hydrogen-bond donors (Lipinski definition) is 1. The predicted octanol–water partition coefficient (Wildman–Crippen LogP) is 1.72. The summed E-state index contributed by atoms with van der Waals surface area (Å²) in [4.78, 5) is 13.1. The maximum absolute atomic E-state index is 9.23. The molecule has 2 heterocycles. The summed E-state index contributed by atoms with van der Waals surface area (Å²) in [5, 5.41) is 9.23. The second kappa shape index (κ2) is 4.65. The topological polar surface area (TPSA) is 63.8 Å². The second-order valence-corrected chi connectivity index (χ2v) is 5.01. The zero-order chi connectivity index (χ0) is 12.5. The molecule has 2 aromatic heterocycles. The first-order valence-electron chi connectivity index (χ1n) is 6.60. The van der Waals surface area contributed by atoms with Gasteiger partial charge in [-0.1, -0.05) is 6.92 Å². The Morgan fingerprint density at radius 1 is 1.33 bits per heavy atom. The molecule has 5 heteroatoms. The van der Waals surface area contributed by atoms with Crippen molar-refractivity contribution < 1.29 is 5.11 Å². The van der Waals surface area contributed by atoms with Crippen LogP contribution in [-0.4, -0.2) is 31.2 Å². The molecule has 1 N–H and O–H groups in total. The van der Waals surface area contributed by atoms with Gasteiger partial charge in [-0.15, -0.1) is 0 Å². The van der Waals surface area contributed by atoms with Crippen LogP contribution in [0.25, 0.3) is 11.2 Å². The lowest BCUT2D eigenvalue weighted by Gasteiger charge is -2.12. The van der Waals surface area contributed by atoms with E-state index in [1.165, 1.54) is 0 Å². The van der Waals surface area contributed by atoms with Gasteiger partial charge < -0.3 is 9.67 Å². The van der Waals surface area contributed by atoms with E-state index in [0.29, 0.717) is 18.6 Å². The van der Waals surface area contributed by atoms with Gasteiger partial charge in [-0.2, -0.15) is 0 Å². The van der Waals surface area contributed by atoms with E-state index in [-0.39, 0.29) is 0 Å². The molecule has 0 spiro atoms. The van der Waals surface area contributed by atoms with Gasteiger partial charge in [-0.05, 0) is 31.6 Å². The van der Waals surface area contributed by atoms with Gasteiger partial charge in [0.05, 0.1) is 12.0 Å². The molecule has 0 radical (unpaired) electrons. The fourth-order valence-corrected chi connectivity index (χ4v) is 2.89. The number of hydrogen-bond acceptors (Lipinski definition) is 4. The average Bonchev–Trinajstić information content (AvgIpc) is 3.03. The molecule has 1 aliphatic carbocycles. The largest absolute Gasteiger partial charge is 0.396 e. The maximum Gasteiger partial charge on any atom is 0.163 e. The third-order valence-electron chi connectivity index (χ3n) is 3.93. The van der Waals surface area contributed by atoms with Crippen LogP contribution in [0.5, 0.6) is 0 Å². The van der Waals surface area contributed by atoms with Crippen molar-refractivity contribution in [3.05, 3.63) is 18.3 Å². The highest BCUT2D eigenvalue weighted by Gasteiger charge is 2.26. The number of aliphatic hydroxyl groups is 1. The molecule has 1 saturated carbocycles. The molecule has 96 valence electrons. The molecule has 2 aromatic rings. The quantitative estimate of drug-likeness (QED) is 0.895. The van der Waals surface area contributed by atoms with Crippen LogP contribution in [0, 0.1) is 5.92 Å². The van der Waals surface area contributed by atoms with Crippen LogP contribution in [0.4, 0.5) is 0 Å². The molecule has 2 atom stereocenters. The Bertz CT molecular complexity index is 551. The lowest BCUT2D eigenvalue weighted by Crippen LogP contribution is -2.07. The van der Waals surface area contributed by atoms with Crippen molar-refractivity contribution in [1.82, 2.24) is 19.5 Å². The smallest absolute Gasteiger partial charge is 0.163 e. The molecule has 3 rings (SSSR count). The lowest BCUT2D eigenvalue weighted by atomic mass is 10.1. The Morgan fingerprint density at radius 2 is 2.22 bits per heavy atom. The first kappa shape index (κ1) is 11.6. The van der Waals surface area contributed by atoms with Crippen molar-refractivity contribution in [2.45, 2.75) is 38.6 Å². The summed E-state index contributed by atoms with van der Waals surface area (Å²) in [7, 11) is 0. The maximum atomic E-state index is 9.23. The Morgan fingerprint density at radius 3 is 2.94 bits per heavy atom. The van der Waals surface area contributed by atoms with Crippen molar-refractivity contribution in [1.29, 1.82) is 0 Å². The number of rotatable bonds is 3. The lowest BCUT2D eigenvalue weighted by molar-refractivity contribution is 0.226. The summed E-state index contributed by atoms with van der Waals surface area (Å²) < 4.78 is 2.16. The fourth-order valence-electron chi connectivity index (χ4n) is 2.89. The van der Waals surface area contributed by atoms with Gasteiger partial charge in [0.2, 0.25) is 0 Å². The Labute approximate surface area is 106 Å². The first-order valence-corrected chi connectivity index (χ1v) is 6.60. The predicted molar refractivity (Wildman–Crippen MR) is 68.2 cm³/mol. The van der Waals surface area contributed by atoms with Gasteiger partial charge in [0.15, 0.2) is 5.65 Å². The molecule has 2 unspecified atom stereocenters. The molecular weight excluding hydrogens is 228 g/mol. The Balaban J connectivity index is 1.98. The monoisotopic (exact) mass is 246 g/mol. The number of fused-ring (bicyclic) bond motifs is 1. The van der Waals surface area contributed by atoms with E-state index in [1.54, 1.807) is 6.33 Å². The van der Waals surface area contributed by atoms with Gasteiger partial charge in [0.25, 0.3) is 0 Å². The summed E-state index contributed by atoms with van der Waals surface area (Å²) in [6, 6.07) is 0.423. The third-order valence-corrected chi connectivity index (χ3v) is 3.93. The van der Waals surface area contributed by atoms with Gasteiger partial charge >= 0.3 is 0 Å². The average molecular weight is 246 g/mol. The van der Waals surface area contributed by atoms with Crippen LogP contribution in [0.3, 0.4) is 0 Å². The van der Waals surface area contributed by atoms with Crippen molar-refractivity contribution in [3.8, 4) is 0 Å². The Hall–Kier alpha value is -1.49. The first-order chi connectivity index (χ1) is 8.83. The number of imidazole rings is 1. The Kier molecular flexibility index (Phi) is 2.99. The molecule has 18 heavy (non-hydrogen) atoms. The highest BCUT2D eigenvalue weighted by atomic mass is 16.3. The molecule has 0 saturated heterocycles. The SMILES string of the molecule is CCc1ncnc2c1ncn2C1CCC(CO)C1. The van der Waals surface area contributed by atoms with E-state index >= 15 is 0 Å². The van der Waals surface area contributed by atoms with Gasteiger partial charge in [0.1, 0.15) is 11.8 Å². The minimum atomic E-state index is 0.290. The van der Waals surface area contributed by atoms with Crippen molar-refractivity contribution in [2.24, 2.45) is 5.92 Å². The minimum Gasteiger partial charge on any atom is -0.396 e. The highest BCUT2D eigenvalue weighted by Crippen LogP contribution is 2.35. The van der Waals surface area contributed by atoms with Crippen molar-refractivity contribution >= 4 is 11.2 Å². The summed E-state index contributed by atoms with van der Waals surface area (Å²) in [5.74, 6) is 0.430. The van der Waals surface area contributed by atoms with Crippen molar-refractivity contribution in [3.63, 3.8) is 0 Å². The normalized spacial score (nSPS) is 23.9. The summed E-state index contributed by atoms with van der Waals surface area (Å²) in [6.07, 6.45) is 7.59. The van der Waals surface area contributed by atoms with Crippen LogP contribution in [0.2, 0.25) is 0 Å². The van der Waals surface area contributed by atoms with Crippen LogP contribution in [0.1, 0.15) is 37.9 Å². The molecule has 1 aliphatic rings. The highest BCUT2D eigenvalue weighted by molar-refractivity contribution is 5.73. The summed E-state index contributed by atoms with van der Waals surface area (Å²) in [5.41, 5.74) is 2.87. The molecule has 0 amide bonds. The zero-order valence-corrected chi connectivity index (χ0v) is 10.6. The van der Waals surface area contributed by atoms with Gasteiger partial charge in [0, 0.05) is 12.6 Å². The molecule has 0 aromatic carbocycles. The van der Waals surface area contributed by atoms with Gasteiger partial charge in [-0.25, -0.2) is 15.0 Å². The molecule has 0 aliphatic heterocycles. The number of nitrogens with zero attached hydrogens (tertiary/aromatic N) is 4. The summed E-state index contributed by atoms with van der Waals surface area (Å²) >= 11 is 0. The molecule has 5 nitrogen and oxygen atoms in total. The molecule has 1 fully saturated rings. The van der Waals surface area contributed by atoms with E-state index < -0.39 is 0 Å². The molecular formula is C13H18N4O. The zero-order valence-electron chi connectivity index (χ0n) is 10.6. The van der Waals surface area contributed by atoms with Crippen LogP contribution < -0.4 is 0 Å². The van der Waals surface area contributed by atoms with E-state index in [4.69, 9.17) is 0 Å². The standard InChI is InChI=1S/C13H18N4O/c1-2-11-12-13(15-7-14-11)17(8-16-12)10-4-3-9(5-10)6-18/h7-10,18H,2-6H2,1H3. The van der Waals surface area contributed by atoms with E-state index in [9.17, 15) is 5.11 Å². The second-order valence-electron chi connectivity index (χ2n) is 5.01. The van der Waals surface area contributed by atoms with Gasteiger partial charge in [-0.3, -0.25) is 0 Å². The fraction of sp³-hybridized carbons (Fsp3) is 0.615. The number of aryl methyl sites for hydroxylation is 1.